The van der Waals surface area contributed by atoms with E-state index in [0.29, 0.717) is 12.8 Å². The maximum absolute atomic E-state index is 14.9. The standard InChI is InChI=1S/C86H117N31O29/c1-48-27-110(80(140)97-73(48)133)41-65(125)104(21-15-88)34-58(118)90-16-22-105(66(126)42-111-28-49(2)74(134)98-81(111)141)35-60(120)92-18-25-108(69(129)45-114-31-52(5)77(137)101-84(114)144)38-63(123)95-55-12-10-13-57(55)117(71(131)47-116-33-54(7)79(139)103-86(116)146)40-62(122)94-20-24-107(68(128)44-113-30-51(4)76(136)100-83(113)143)37-59(119)91-17-23-106(67(127)43-112-29-50(3)75(135)99-82(112)142)36-61(121)93-19-26-109(39-64(124)96-56(72(89)132)11-8-9-14-87)70(130)46-115-32-53(6)78(138)102-85(115)145/h27-33,55-57H,8-26,34-47,87-88H2,1-7H3,(H2,89,132)(H,90,118)(H,91,119)(H,92,120)(H,93,121)(H,94,122)(H,95,123)(H,96,124)(H,97,133,140)(H,98,134,141)(H,99,135,142)(H,100,136,143)(H,101,137,144)(H,102,138,145)(H,103,139,146)/t55-,56-,57-/m0/s1. The molecule has 7 aromatic rings. The summed E-state index contributed by atoms with van der Waals surface area (Å²) in [5, 5.41) is 17.8. The molecule has 8 rings (SSSR count). The molecule has 0 unspecified atom stereocenters. The van der Waals surface area contributed by atoms with Crippen molar-refractivity contribution in [3.63, 3.8) is 0 Å². The van der Waals surface area contributed by atoms with Crippen LogP contribution in [0.3, 0.4) is 0 Å². The number of rotatable bonds is 53. The lowest BCUT2D eigenvalue weighted by Crippen LogP contribution is -2.56. The number of aryl methyl sites for hydroxylation is 7. The van der Waals surface area contributed by atoms with Crippen LogP contribution in [0.1, 0.15) is 77.5 Å². The zero-order valence-corrected chi connectivity index (χ0v) is 80.9. The topological polar surface area (TPSA) is 825 Å². The fourth-order valence-electron chi connectivity index (χ4n) is 15.0. The molecule has 146 heavy (non-hydrogen) atoms. The number of hydrogen-bond donors (Lipinski definition) is 17. The molecule has 60 nitrogen and oxygen atoms in total. The number of primary amides is 1. The van der Waals surface area contributed by atoms with Crippen molar-refractivity contribution in [1.29, 1.82) is 0 Å². The number of nitrogens with one attached hydrogen (secondary N) is 14. The Kier molecular flexibility index (Phi) is 41.8. The minimum atomic E-state index is -1.20. The van der Waals surface area contributed by atoms with Gasteiger partial charge in [0.1, 0.15) is 51.9 Å². The third kappa shape index (κ3) is 34.0. The van der Waals surface area contributed by atoms with Gasteiger partial charge in [0.2, 0.25) is 88.6 Å². The quantitative estimate of drug-likeness (QED) is 0.0157. The molecular formula is C86H117N31O29. The van der Waals surface area contributed by atoms with Crippen LogP contribution >= 0.6 is 0 Å². The molecular weight excluding hydrogens is 1930 g/mol. The lowest BCUT2D eigenvalue weighted by atomic mass is 10.1. The van der Waals surface area contributed by atoms with E-state index in [1.165, 1.54) is 48.5 Å². The summed E-state index contributed by atoms with van der Waals surface area (Å²) >= 11 is 0. The predicted molar refractivity (Wildman–Crippen MR) is 511 cm³/mol. The van der Waals surface area contributed by atoms with Gasteiger partial charge in [0.15, 0.2) is 0 Å². The summed E-state index contributed by atoms with van der Waals surface area (Å²) in [7, 11) is 0. The smallest absolute Gasteiger partial charge is 0.328 e. The van der Waals surface area contributed by atoms with Gasteiger partial charge in [0, 0.05) is 167 Å². The number of unbranched alkanes of at least 4 members (excludes halogenated alkanes) is 1. The Bertz CT molecular complexity index is 7020. The molecule has 1 aliphatic carbocycles. The predicted octanol–water partition coefficient (Wildman–Crippen LogP) is -15.5. The van der Waals surface area contributed by atoms with Crippen molar-refractivity contribution in [2.45, 2.75) is 151 Å². The average Bonchev–Trinajstić information content (AvgIpc) is 1.34. The van der Waals surface area contributed by atoms with Crippen molar-refractivity contribution in [1.82, 2.24) is 138 Å². The second-order valence-electron chi connectivity index (χ2n) is 34.3. The number of nitrogens with two attached hydrogens (primary N) is 3. The minimum absolute atomic E-state index is 0.0133. The van der Waals surface area contributed by atoms with Crippen molar-refractivity contribution in [2.75, 3.05) is 131 Å². The van der Waals surface area contributed by atoms with Crippen LogP contribution < -0.4 is 133 Å². The van der Waals surface area contributed by atoms with Crippen molar-refractivity contribution < 1.29 is 71.9 Å². The third-order valence-electron chi connectivity index (χ3n) is 23.0. The lowest BCUT2D eigenvalue weighted by molar-refractivity contribution is -0.140. The summed E-state index contributed by atoms with van der Waals surface area (Å²) < 4.78 is 5.84. The summed E-state index contributed by atoms with van der Waals surface area (Å²) in [6.07, 6.45) is 8.73. The van der Waals surface area contributed by atoms with E-state index in [1.54, 1.807) is 0 Å². The monoisotopic (exact) mass is 2050 g/mol. The number of hydrogen-bond acceptors (Lipinski definition) is 31. The number of carbonyl (C=O) groups excluding carboxylic acids is 15. The van der Waals surface area contributed by atoms with Gasteiger partial charge in [-0.25, -0.2) is 33.6 Å². The second-order valence-corrected chi connectivity index (χ2v) is 34.3. The first-order valence-electron chi connectivity index (χ1n) is 45.7. The van der Waals surface area contributed by atoms with Crippen LogP contribution in [0.2, 0.25) is 0 Å². The van der Waals surface area contributed by atoms with Gasteiger partial charge in [-0.3, -0.25) is 172 Å². The van der Waals surface area contributed by atoms with Gasteiger partial charge in [-0.1, -0.05) is 0 Å². The highest BCUT2D eigenvalue weighted by Crippen LogP contribution is 2.25. The van der Waals surface area contributed by atoms with Crippen molar-refractivity contribution >= 4 is 88.6 Å². The number of H-pyrrole nitrogens is 7. The van der Waals surface area contributed by atoms with E-state index >= 15 is 0 Å². The molecule has 0 spiro atoms. The van der Waals surface area contributed by atoms with Crippen LogP contribution in [0.15, 0.2) is 111 Å². The van der Waals surface area contributed by atoms with Crippen LogP contribution in [0.5, 0.6) is 0 Å². The molecule has 20 N–H and O–H groups in total. The first-order chi connectivity index (χ1) is 69.0. The van der Waals surface area contributed by atoms with Crippen molar-refractivity contribution in [3.8, 4) is 0 Å². The van der Waals surface area contributed by atoms with E-state index in [-0.39, 0.29) is 84.3 Å². The fraction of sp³-hybridized carbons (Fsp3) is 0.500. The van der Waals surface area contributed by atoms with Crippen LogP contribution in [0, 0.1) is 48.5 Å². The van der Waals surface area contributed by atoms with Crippen LogP contribution in [-0.2, 0) is 118 Å². The maximum Gasteiger partial charge on any atom is 0.328 e. The van der Waals surface area contributed by atoms with E-state index in [4.69, 9.17) is 17.2 Å². The molecule has 60 heteroatoms. The SMILES string of the molecule is Cc1cn(CC(=O)N(CCN)CC(=O)NCCN(CC(=O)NCCN(CC(=O)N[C@H]2CCC[C@@H]2N(CC(=O)NCCN(CC(=O)NCCN(CC(=O)NCCN(CC(=O)N[C@@H](CCCCN)C(N)=O)C(=O)Cn2cc(C)c(=O)[nH]c2=O)C(=O)Cn2cc(C)c(=O)[nH]c2=O)C(=O)Cn2cc(C)c(=O)[nH]c2=O)C(=O)Cn2cc(C)c(=O)[nH]c2=O)C(=O)Cn2cc(C)c(=O)[nH]c2=O)C(=O)Cn2cc(C)c(=O)[nH]c2=O)c(=O)[nH]c1=O. The zero-order valence-electron chi connectivity index (χ0n) is 80.9. The lowest BCUT2D eigenvalue weighted by Gasteiger charge is -2.34. The Hall–Kier alpha value is -17.3. The summed E-state index contributed by atoms with van der Waals surface area (Å²) in [4.78, 5) is 408. The molecule has 0 aromatic carbocycles. The summed E-state index contributed by atoms with van der Waals surface area (Å²) in [5.74, 6) is -14.0. The highest BCUT2D eigenvalue weighted by Gasteiger charge is 2.38. The molecule has 15 amide bonds. The number of nitrogens with zero attached hydrogens (tertiary/aromatic N) is 14. The first kappa shape index (κ1) is 114. The summed E-state index contributed by atoms with van der Waals surface area (Å²) in [5.41, 5.74) is 4.37. The van der Waals surface area contributed by atoms with Gasteiger partial charge in [-0.2, -0.15) is 0 Å². The molecule has 1 aliphatic rings. The summed E-state index contributed by atoms with van der Waals surface area (Å²) in [6, 6.07) is -3.49. The molecule has 0 radical (unpaired) electrons. The van der Waals surface area contributed by atoms with Gasteiger partial charge in [0.25, 0.3) is 38.9 Å². The van der Waals surface area contributed by atoms with Crippen LogP contribution in [0.4, 0.5) is 0 Å². The molecule has 0 bridgehead atoms. The Morgan fingerprint density at radius 2 is 0.541 bits per heavy atom. The molecule has 0 aliphatic heterocycles. The largest absolute Gasteiger partial charge is 0.368 e. The number of carbonyl (C=O) groups is 15. The normalized spacial score (nSPS) is 12.7. The molecule has 1 saturated carbocycles. The average molecular weight is 2050 g/mol. The van der Waals surface area contributed by atoms with Crippen molar-refractivity contribution in [2.24, 2.45) is 17.2 Å². The van der Waals surface area contributed by atoms with Gasteiger partial charge >= 0.3 is 39.8 Å². The number of aromatic nitrogens is 14. The van der Waals surface area contributed by atoms with E-state index in [0.717, 1.165) is 110 Å². The van der Waals surface area contributed by atoms with Gasteiger partial charge in [0.05, 0.1) is 51.9 Å². The Morgan fingerprint density at radius 3 is 0.788 bits per heavy atom. The highest BCUT2D eigenvalue weighted by atomic mass is 16.2. The van der Waals surface area contributed by atoms with E-state index < -0.39 is 343 Å². The van der Waals surface area contributed by atoms with Gasteiger partial charge in [-0.15, -0.1) is 0 Å². The molecule has 7 heterocycles. The fourth-order valence-corrected chi connectivity index (χ4v) is 15.0. The Morgan fingerprint density at radius 1 is 0.308 bits per heavy atom. The molecule has 0 saturated heterocycles. The first-order valence-corrected chi connectivity index (χ1v) is 45.7. The van der Waals surface area contributed by atoms with E-state index in [2.05, 4.69) is 62.1 Å². The second kappa shape index (κ2) is 53.5. The molecule has 790 valence electrons. The van der Waals surface area contributed by atoms with Gasteiger partial charge in [-0.05, 0) is 93.5 Å². The van der Waals surface area contributed by atoms with E-state index in [1.807, 2.05) is 9.97 Å². The minimum Gasteiger partial charge on any atom is -0.368 e. The number of aromatic amines is 7. The van der Waals surface area contributed by atoms with Crippen molar-refractivity contribution in [3.05, 3.63) is 228 Å². The summed E-state index contributed by atoms with van der Waals surface area (Å²) in [6.45, 7) is -7.34. The maximum atomic E-state index is 14.9. The number of amides is 15. The van der Waals surface area contributed by atoms with Gasteiger partial charge < -0.3 is 88.7 Å². The van der Waals surface area contributed by atoms with Crippen LogP contribution in [0.25, 0.3) is 0 Å². The Balaban J connectivity index is 0.985. The van der Waals surface area contributed by atoms with E-state index in [9.17, 15) is 139 Å². The van der Waals surface area contributed by atoms with Crippen LogP contribution in [-0.4, -0.2) is 339 Å². The third-order valence-corrected chi connectivity index (χ3v) is 23.0. The Labute approximate surface area is 822 Å². The zero-order chi connectivity index (χ0) is 108. The molecule has 3 atom stereocenters. The highest BCUT2D eigenvalue weighted by molar-refractivity contribution is 5.91. The molecule has 1 fully saturated rings. The molecule has 7 aromatic heterocycles.